The van der Waals surface area contributed by atoms with Crippen molar-refractivity contribution in [3.8, 4) is 5.75 Å². The van der Waals surface area contributed by atoms with Crippen molar-refractivity contribution >= 4 is 46.0 Å². The first-order valence-corrected chi connectivity index (χ1v) is 12.6. The molecule has 1 fully saturated rings. The summed E-state index contributed by atoms with van der Waals surface area (Å²) in [4.78, 5) is 28.1. The van der Waals surface area contributed by atoms with Crippen LogP contribution in [0.3, 0.4) is 0 Å². The van der Waals surface area contributed by atoms with E-state index in [2.05, 4.69) is 27.9 Å². The van der Waals surface area contributed by atoms with Crippen LogP contribution >= 0.6 is 34.2 Å². The molecule has 3 rings (SSSR count). The van der Waals surface area contributed by atoms with Gasteiger partial charge < -0.3 is 15.0 Å². The van der Waals surface area contributed by atoms with Gasteiger partial charge in [0, 0.05) is 21.2 Å². The molecule has 0 spiro atoms. The van der Waals surface area contributed by atoms with Crippen LogP contribution in [0.5, 0.6) is 5.75 Å². The highest BCUT2D eigenvalue weighted by atomic mass is 127. The molecule has 1 N–H and O–H groups in total. The molecule has 7 heteroatoms. The smallest absolute Gasteiger partial charge is 0.261 e. The van der Waals surface area contributed by atoms with Gasteiger partial charge in [-0.3, -0.25) is 9.59 Å². The number of hydrogen-bond acceptors (Lipinski definition) is 3. The second-order valence-electron chi connectivity index (χ2n) is 8.12. The molecule has 32 heavy (non-hydrogen) atoms. The van der Waals surface area contributed by atoms with E-state index in [0.717, 1.165) is 34.8 Å². The Balaban J connectivity index is 1.75. The molecule has 1 aliphatic rings. The van der Waals surface area contributed by atoms with Crippen LogP contribution < -0.4 is 10.1 Å². The van der Waals surface area contributed by atoms with Gasteiger partial charge >= 0.3 is 0 Å². The van der Waals surface area contributed by atoms with Crippen LogP contribution in [0.15, 0.2) is 48.5 Å². The normalized spacial score (nSPS) is 15.1. The van der Waals surface area contributed by atoms with Gasteiger partial charge in [0.05, 0.1) is 0 Å². The highest BCUT2D eigenvalue weighted by molar-refractivity contribution is 14.1. The fraction of sp³-hybridized carbons (Fsp3) is 0.440. The lowest BCUT2D eigenvalue weighted by molar-refractivity contribution is -0.143. The van der Waals surface area contributed by atoms with E-state index in [1.165, 1.54) is 6.42 Å². The first-order chi connectivity index (χ1) is 15.5. The van der Waals surface area contributed by atoms with Gasteiger partial charge in [-0.25, -0.2) is 0 Å². The van der Waals surface area contributed by atoms with Crippen molar-refractivity contribution in [3.63, 3.8) is 0 Å². The Labute approximate surface area is 209 Å². The number of halogens is 2. The average molecular weight is 569 g/mol. The highest BCUT2D eigenvalue weighted by Crippen LogP contribution is 2.22. The summed E-state index contributed by atoms with van der Waals surface area (Å²) in [7, 11) is 0. The summed E-state index contributed by atoms with van der Waals surface area (Å²) in [5, 5.41) is 3.75. The van der Waals surface area contributed by atoms with Crippen molar-refractivity contribution in [2.45, 2.75) is 64.1 Å². The number of rotatable bonds is 9. The molecule has 0 aliphatic heterocycles. The van der Waals surface area contributed by atoms with Crippen LogP contribution in [0, 0.1) is 3.57 Å². The van der Waals surface area contributed by atoms with Gasteiger partial charge in [-0.05, 0) is 77.7 Å². The molecule has 0 aromatic heterocycles. The third-order valence-electron chi connectivity index (χ3n) is 5.81. The summed E-state index contributed by atoms with van der Waals surface area (Å²) in [6.07, 6.45) is 5.99. The summed E-state index contributed by atoms with van der Waals surface area (Å²) in [5.41, 5.74) is 0.806. The standard InChI is InChI=1S/C25H30ClIN2O3/c1-2-23(25(31)28-20-9-4-3-5-10-20)29(16-18-8-6-7-11-22(18)26)24(30)17-32-21-14-12-19(27)13-15-21/h6-8,11-15,20,23H,2-5,9-10,16-17H2,1H3,(H,28,31)/t23-/m0/s1. The fourth-order valence-corrected chi connectivity index (χ4v) is 4.59. The largest absolute Gasteiger partial charge is 0.484 e. The molecule has 0 radical (unpaired) electrons. The Bertz CT molecular complexity index is 900. The molecule has 2 aromatic rings. The maximum absolute atomic E-state index is 13.3. The quantitative estimate of drug-likeness (QED) is 0.402. The van der Waals surface area contributed by atoms with Gasteiger partial charge in [0.2, 0.25) is 5.91 Å². The minimum atomic E-state index is -0.582. The predicted octanol–water partition coefficient (Wildman–Crippen LogP) is 5.58. The maximum atomic E-state index is 13.3. The predicted molar refractivity (Wildman–Crippen MR) is 136 cm³/mol. The van der Waals surface area contributed by atoms with E-state index in [0.29, 0.717) is 17.2 Å². The number of hydrogen-bond donors (Lipinski definition) is 1. The van der Waals surface area contributed by atoms with E-state index < -0.39 is 6.04 Å². The lowest BCUT2D eigenvalue weighted by Gasteiger charge is -2.33. The van der Waals surface area contributed by atoms with Gasteiger partial charge in [-0.2, -0.15) is 0 Å². The van der Waals surface area contributed by atoms with Crippen LogP contribution in [0.1, 0.15) is 51.0 Å². The van der Waals surface area contributed by atoms with Crippen LogP contribution in [-0.4, -0.2) is 35.4 Å². The Hall–Kier alpha value is -1.80. The molecule has 172 valence electrons. The number of carbonyl (C=O) groups is 2. The molecule has 2 aromatic carbocycles. The van der Waals surface area contributed by atoms with Gasteiger partial charge in [0.15, 0.2) is 6.61 Å². The van der Waals surface area contributed by atoms with Crippen molar-refractivity contribution in [2.75, 3.05) is 6.61 Å². The number of nitrogens with one attached hydrogen (secondary N) is 1. The SMILES string of the molecule is CC[C@@H](C(=O)NC1CCCCC1)N(Cc1ccccc1Cl)C(=O)COc1ccc(I)cc1. The summed E-state index contributed by atoms with van der Waals surface area (Å²) in [6, 6.07) is 14.5. The molecule has 1 aliphatic carbocycles. The van der Waals surface area contributed by atoms with Crippen LogP contribution in [0.4, 0.5) is 0 Å². The summed E-state index contributed by atoms with van der Waals surface area (Å²) >= 11 is 8.59. The molecule has 0 saturated heterocycles. The summed E-state index contributed by atoms with van der Waals surface area (Å²) in [5.74, 6) is 0.277. The molecule has 2 amide bonds. The number of amides is 2. The number of ether oxygens (including phenoxy) is 1. The van der Waals surface area contributed by atoms with E-state index in [4.69, 9.17) is 16.3 Å². The molecule has 1 atom stereocenters. The fourth-order valence-electron chi connectivity index (χ4n) is 4.03. The van der Waals surface area contributed by atoms with Crippen molar-refractivity contribution in [2.24, 2.45) is 0 Å². The van der Waals surface area contributed by atoms with E-state index >= 15 is 0 Å². The van der Waals surface area contributed by atoms with Gasteiger partial charge in [0.25, 0.3) is 5.91 Å². The van der Waals surface area contributed by atoms with Crippen LogP contribution in [0.2, 0.25) is 5.02 Å². The van der Waals surface area contributed by atoms with Crippen molar-refractivity contribution < 1.29 is 14.3 Å². The third kappa shape index (κ3) is 7.10. The van der Waals surface area contributed by atoms with E-state index in [9.17, 15) is 9.59 Å². The minimum Gasteiger partial charge on any atom is -0.484 e. The van der Waals surface area contributed by atoms with Crippen LogP contribution in [-0.2, 0) is 16.1 Å². The first-order valence-electron chi connectivity index (χ1n) is 11.2. The monoisotopic (exact) mass is 568 g/mol. The molecular weight excluding hydrogens is 539 g/mol. The van der Waals surface area contributed by atoms with E-state index in [1.807, 2.05) is 49.4 Å². The molecule has 0 bridgehead atoms. The molecular formula is C25H30ClIN2O3. The van der Waals surface area contributed by atoms with Crippen molar-refractivity contribution in [1.82, 2.24) is 10.2 Å². The minimum absolute atomic E-state index is 0.103. The zero-order valence-corrected chi connectivity index (χ0v) is 21.3. The van der Waals surface area contributed by atoms with Crippen molar-refractivity contribution in [1.29, 1.82) is 0 Å². The zero-order valence-electron chi connectivity index (χ0n) is 18.4. The molecule has 0 heterocycles. The second kappa shape index (κ2) is 12.4. The lowest BCUT2D eigenvalue weighted by atomic mass is 9.95. The number of carbonyl (C=O) groups excluding carboxylic acids is 2. The Morgan fingerprint density at radius 3 is 2.47 bits per heavy atom. The Morgan fingerprint density at radius 1 is 1.12 bits per heavy atom. The first kappa shape index (κ1) is 24.8. The zero-order chi connectivity index (χ0) is 22.9. The topological polar surface area (TPSA) is 58.6 Å². The van der Waals surface area contributed by atoms with Gasteiger partial charge in [0.1, 0.15) is 11.8 Å². The Morgan fingerprint density at radius 2 is 1.81 bits per heavy atom. The molecule has 1 saturated carbocycles. The van der Waals surface area contributed by atoms with Gasteiger partial charge in [-0.15, -0.1) is 0 Å². The number of nitrogens with zero attached hydrogens (tertiary/aromatic N) is 1. The molecule has 5 nitrogen and oxygen atoms in total. The summed E-state index contributed by atoms with van der Waals surface area (Å²) in [6.45, 7) is 2.04. The molecule has 0 unspecified atom stereocenters. The van der Waals surface area contributed by atoms with E-state index in [1.54, 1.807) is 11.0 Å². The maximum Gasteiger partial charge on any atom is 0.261 e. The highest BCUT2D eigenvalue weighted by Gasteiger charge is 2.31. The Kier molecular flexibility index (Phi) is 9.66. The second-order valence-corrected chi connectivity index (χ2v) is 9.78. The average Bonchev–Trinajstić information content (AvgIpc) is 2.80. The summed E-state index contributed by atoms with van der Waals surface area (Å²) < 4.78 is 6.83. The lowest BCUT2D eigenvalue weighted by Crippen LogP contribution is -2.52. The van der Waals surface area contributed by atoms with E-state index in [-0.39, 0.29) is 31.0 Å². The van der Waals surface area contributed by atoms with Crippen LogP contribution in [0.25, 0.3) is 0 Å². The number of benzene rings is 2. The van der Waals surface area contributed by atoms with Gasteiger partial charge in [-0.1, -0.05) is 56.0 Å². The van der Waals surface area contributed by atoms with Crippen molar-refractivity contribution in [3.05, 3.63) is 62.7 Å². The third-order valence-corrected chi connectivity index (χ3v) is 6.90.